The molecule has 0 fully saturated rings. The van der Waals surface area contributed by atoms with E-state index in [9.17, 15) is 13.2 Å². The first kappa shape index (κ1) is 15.1. The first-order chi connectivity index (χ1) is 9.41. The summed E-state index contributed by atoms with van der Waals surface area (Å²) in [4.78, 5) is 0. The van der Waals surface area contributed by atoms with Crippen LogP contribution >= 0.6 is 15.9 Å². The highest BCUT2D eigenvalue weighted by atomic mass is 79.9. The Labute approximate surface area is 123 Å². The molecule has 2 aromatic rings. The third-order valence-corrected chi connectivity index (χ3v) is 3.76. The average molecular weight is 348 g/mol. The number of rotatable bonds is 4. The molecule has 0 aliphatic rings. The molecule has 0 amide bonds. The number of halogens is 4. The summed E-state index contributed by atoms with van der Waals surface area (Å²) in [5.74, 6) is 0. The summed E-state index contributed by atoms with van der Waals surface area (Å²) in [5.41, 5.74) is 0.854. The minimum absolute atomic E-state index is 0.0481. The fourth-order valence-electron chi connectivity index (χ4n) is 2.01. The van der Waals surface area contributed by atoms with Crippen LogP contribution in [0.5, 0.6) is 0 Å². The molecule has 0 saturated heterocycles. The largest absolute Gasteiger partial charge is 0.472 e. The van der Waals surface area contributed by atoms with Gasteiger partial charge in [0.2, 0.25) is 0 Å². The molecule has 2 rings (SSSR count). The molecule has 20 heavy (non-hydrogen) atoms. The van der Waals surface area contributed by atoms with Crippen molar-refractivity contribution in [2.45, 2.75) is 18.6 Å². The van der Waals surface area contributed by atoms with E-state index in [0.717, 1.165) is 5.56 Å². The molecule has 0 aliphatic carbocycles. The Morgan fingerprint density at radius 3 is 2.60 bits per heavy atom. The number of alkyl halides is 3. The van der Waals surface area contributed by atoms with Crippen molar-refractivity contribution in [1.82, 2.24) is 5.32 Å². The van der Waals surface area contributed by atoms with Gasteiger partial charge in [-0.25, -0.2) is 0 Å². The number of furan rings is 1. The maximum Gasteiger partial charge on any atom is 0.417 e. The molecule has 1 unspecified atom stereocenters. The Bertz CT molecular complexity index is 566. The molecule has 0 radical (unpaired) electrons. The van der Waals surface area contributed by atoms with Crippen LogP contribution in [0.4, 0.5) is 13.2 Å². The first-order valence-corrected chi connectivity index (χ1v) is 6.76. The van der Waals surface area contributed by atoms with Gasteiger partial charge in [0.1, 0.15) is 0 Å². The fraction of sp³-hybridized carbons (Fsp3) is 0.286. The second-order valence-corrected chi connectivity index (χ2v) is 5.27. The molecule has 6 heteroatoms. The number of likely N-dealkylation sites (N-methyl/N-ethyl adjacent to an activating group) is 1. The van der Waals surface area contributed by atoms with Crippen LogP contribution < -0.4 is 5.32 Å². The second kappa shape index (κ2) is 6.01. The van der Waals surface area contributed by atoms with Crippen LogP contribution in [0, 0.1) is 0 Å². The minimum atomic E-state index is -4.37. The fourth-order valence-corrected chi connectivity index (χ4v) is 2.48. The summed E-state index contributed by atoms with van der Waals surface area (Å²) in [5, 5.41) is 3.03. The second-order valence-electron chi connectivity index (χ2n) is 4.41. The van der Waals surface area contributed by atoms with Crippen molar-refractivity contribution >= 4 is 15.9 Å². The highest BCUT2D eigenvalue weighted by Gasteiger charge is 2.33. The lowest BCUT2D eigenvalue weighted by Crippen LogP contribution is -2.19. The van der Waals surface area contributed by atoms with Crippen LogP contribution in [-0.2, 0) is 12.6 Å². The van der Waals surface area contributed by atoms with Crippen molar-refractivity contribution in [3.05, 3.63) is 58.0 Å². The van der Waals surface area contributed by atoms with Gasteiger partial charge in [-0.05, 0) is 42.8 Å². The standard InChI is InChI=1S/C14H13BrF3NO/c1-19-13(6-9-4-5-20-8-9)10-2-3-12(15)11(7-10)14(16,17)18/h2-5,7-8,13,19H,6H2,1H3. The molecule has 0 saturated carbocycles. The van der Waals surface area contributed by atoms with E-state index >= 15 is 0 Å². The van der Waals surface area contributed by atoms with E-state index in [1.54, 1.807) is 31.7 Å². The van der Waals surface area contributed by atoms with Crippen LogP contribution in [0.3, 0.4) is 0 Å². The van der Waals surface area contributed by atoms with Gasteiger partial charge in [0, 0.05) is 10.5 Å². The van der Waals surface area contributed by atoms with Gasteiger partial charge < -0.3 is 9.73 Å². The highest BCUT2D eigenvalue weighted by molar-refractivity contribution is 9.10. The topological polar surface area (TPSA) is 25.2 Å². The van der Waals surface area contributed by atoms with Crippen molar-refractivity contribution < 1.29 is 17.6 Å². The van der Waals surface area contributed by atoms with E-state index < -0.39 is 11.7 Å². The zero-order valence-corrected chi connectivity index (χ0v) is 12.3. The molecule has 108 valence electrons. The molecule has 1 aromatic heterocycles. The highest BCUT2D eigenvalue weighted by Crippen LogP contribution is 2.36. The summed E-state index contributed by atoms with van der Waals surface area (Å²) in [7, 11) is 1.72. The van der Waals surface area contributed by atoms with Crippen molar-refractivity contribution in [2.24, 2.45) is 0 Å². The maximum atomic E-state index is 12.9. The molecular formula is C14H13BrF3NO. The molecular weight excluding hydrogens is 335 g/mol. The lowest BCUT2D eigenvalue weighted by atomic mass is 9.98. The Hall–Kier alpha value is -1.27. The zero-order valence-electron chi connectivity index (χ0n) is 10.7. The summed E-state index contributed by atoms with van der Waals surface area (Å²) in [6.45, 7) is 0. The van der Waals surface area contributed by atoms with E-state index in [1.807, 2.05) is 0 Å². The van der Waals surface area contributed by atoms with Gasteiger partial charge in [0.05, 0.1) is 18.1 Å². The number of benzene rings is 1. The molecule has 0 spiro atoms. The smallest absolute Gasteiger partial charge is 0.417 e. The van der Waals surface area contributed by atoms with Gasteiger partial charge in [0.25, 0.3) is 0 Å². The SMILES string of the molecule is CNC(Cc1ccoc1)c1ccc(Br)c(C(F)(F)F)c1. The minimum Gasteiger partial charge on any atom is -0.472 e. The summed E-state index contributed by atoms with van der Waals surface area (Å²) < 4.78 is 43.7. The van der Waals surface area contributed by atoms with Crippen LogP contribution in [0.2, 0.25) is 0 Å². The van der Waals surface area contributed by atoms with Gasteiger partial charge in [-0.1, -0.05) is 22.0 Å². The van der Waals surface area contributed by atoms with Crippen LogP contribution in [0.25, 0.3) is 0 Å². The van der Waals surface area contributed by atoms with Crippen molar-refractivity contribution in [3.63, 3.8) is 0 Å². The lowest BCUT2D eigenvalue weighted by Gasteiger charge is -2.18. The predicted molar refractivity (Wildman–Crippen MR) is 73.4 cm³/mol. The molecule has 1 heterocycles. The van der Waals surface area contributed by atoms with Gasteiger partial charge in [-0.15, -0.1) is 0 Å². The van der Waals surface area contributed by atoms with E-state index in [0.29, 0.717) is 12.0 Å². The number of nitrogens with one attached hydrogen (secondary N) is 1. The molecule has 2 nitrogen and oxygen atoms in total. The Morgan fingerprint density at radius 1 is 1.30 bits per heavy atom. The van der Waals surface area contributed by atoms with Gasteiger partial charge >= 0.3 is 6.18 Å². The van der Waals surface area contributed by atoms with E-state index in [4.69, 9.17) is 4.42 Å². The van der Waals surface area contributed by atoms with Crippen LogP contribution in [-0.4, -0.2) is 7.05 Å². The monoisotopic (exact) mass is 347 g/mol. The molecule has 1 aromatic carbocycles. The maximum absolute atomic E-state index is 12.9. The van der Waals surface area contributed by atoms with Crippen molar-refractivity contribution in [3.8, 4) is 0 Å². The molecule has 1 N–H and O–H groups in total. The Balaban J connectivity index is 2.30. The normalized spacial score (nSPS) is 13.4. The number of hydrogen-bond donors (Lipinski definition) is 1. The third-order valence-electron chi connectivity index (χ3n) is 3.07. The lowest BCUT2D eigenvalue weighted by molar-refractivity contribution is -0.138. The van der Waals surface area contributed by atoms with E-state index in [2.05, 4.69) is 21.2 Å². The summed E-state index contributed by atoms with van der Waals surface area (Å²) in [6.07, 6.45) is -0.673. The van der Waals surface area contributed by atoms with Crippen LogP contribution in [0.15, 0.2) is 45.7 Å². The van der Waals surface area contributed by atoms with Gasteiger partial charge in [-0.2, -0.15) is 13.2 Å². The number of hydrogen-bond acceptors (Lipinski definition) is 2. The van der Waals surface area contributed by atoms with E-state index in [-0.39, 0.29) is 10.5 Å². The van der Waals surface area contributed by atoms with Gasteiger partial charge in [0.15, 0.2) is 0 Å². The summed E-state index contributed by atoms with van der Waals surface area (Å²) in [6, 6.07) is 5.87. The molecule has 0 aliphatic heterocycles. The Kier molecular flexibility index (Phi) is 4.55. The average Bonchev–Trinajstić information content (AvgIpc) is 2.88. The quantitative estimate of drug-likeness (QED) is 0.876. The third kappa shape index (κ3) is 3.43. The predicted octanol–water partition coefficient (Wildman–Crippen LogP) is 4.56. The Morgan fingerprint density at radius 2 is 2.05 bits per heavy atom. The molecule has 1 atom stereocenters. The van der Waals surface area contributed by atoms with Crippen molar-refractivity contribution in [1.29, 1.82) is 0 Å². The first-order valence-electron chi connectivity index (χ1n) is 5.97. The molecule has 0 bridgehead atoms. The van der Waals surface area contributed by atoms with E-state index in [1.165, 1.54) is 12.1 Å². The van der Waals surface area contributed by atoms with Crippen molar-refractivity contribution in [2.75, 3.05) is 7.05 Å². The summed E-state index contributed by atoms with van der Waals surface area (Å²) >= 11 is 2.94. The van der Waals surface area contributed by atoms with Crippen LogP contribution in [0.1, 0.15) is 22.7 Å². The van der Waals surface area contributed by atoms with Gasteiger partial charge in [-0.3, -0.25) is 0 Å². The zero-order chi connectivity index (χ0) is 14.8.